The van der Waals surface area contributed by atoms with Crippen LogP contribution in [0.25, 0.3) is 10.9 Å². The van der Waals surface area contributed by atoms with Crippen LogP contribution in [0.5, 0.6) is 0 Å². The number of benzene rings is 3. The first-order valence-corrected chi connectivity index (χ1v) is 22.7. The molecule has 4 atom stereocenters. The van der Waals surface area contributed by atoms with Crippen molar-refractivity contribution in [2.24, 2.45) is 5.92 Å². The molecule has 0 aliphatic heterocycles. The highest BCUT2D eigenvalue weighted by molar-refractivity contribution is 7.94. The zero-order chi connectivity index (χ0) is 48.0. The monoisotopic (exact) mass is 913 g/mol. The van der Waals surface area contributed by atoms with Crippen molar-refractivity contribution in [3.8, 4) is 0 Å². The van der Waals surface area contributed by atoms with Crippen LogP contribution < -0.4 is 21.3 Å². The summed E-state index contributed by atoms with van der Waals surface area (Å²) in [7, 11) is -3.99. The average molecular weight is 914 g/mol. The maximum atomic E-state index is 14.4. The number of hydrogen-bond donors (Lipinski definition) is 4. The van der Waals surface area contributed by atoms with E-state index in [9.17, 15) is 37.2 Å². The second-order valence-electron chi connectivity index (χ2n) is 17.6. The topological polar surface area (TPSA) is 225 Å². The van der Waals surface area contributed by atoms with E-state index in [1.54, 1.807) is 128 Å². The van der Waals surface area contributed by atoms with Crippen LogP contribution in [0.2, 0.25) is 0 Å². The number of hydrogen-bond acceptors (Lipinski definition) is 12. The van der Waals surface area contributed by atoms with Crippen LogP contribution in [0.4, 0.5) is 4.79 Å². The van der Waals surface area contributed by atoms with E-state index in [2.05, 4.69) is 26.3 Å². The van der Waals surface area contributed by atoms with Gasteiger partial charge in [0, 0.05) is 22.9 Å². The number of para-hydroxylation sites is 1. The maximum Gasteiger partial charge on any atom is 0.408 e. The van der Waals surface area contributed by atoms with E-state index in [4.69, 9.17) is 14.2 Å². The van der Waals surface area contributed by atoms with Crippen molar-refractivity contribution in [2.45, 2.75) is 122 Å². The zero-order valence-electron chi connectivity index (χ0n) is 38.0. The van der Waals surface area contributed by atoms with Crippen molar-refractivity contribution in [3.05, 3.63) is 120 Å². The number of carbonyl (C=O) groups is 6. The second-order valence-corrected chi connectivity index (χ2v) is 19.5. The molecule has 0 aliphatic carbocycles. The SMILES string of the molecule is CC(C)C(NC(=O)C(Cc1ccc2ccccc2n1)NC(=O)C(CC(=O)OC(C)(C)C)NC(=O)OCc1ccccc1)C(=O)NC(C=CS(=O)(=O)c1ccccc1)CC(=O)OC(C)(C)C. The van der Waals surface area contributed by atoms with Gasteiger partial charge in [0.15, 0.2) is 9.84 Å². The van der Waals surface area contributed by atoms with Crippen LogP contribution >= 0.6 is 0 Å². The summed E-state index contributed by atoms with van der Waals surface area (Å²) in [6.07, 6.45) is -1.13. The summed E-state index contributed by atoms with van der Waals surface area (Å²) in [4.78, 5) is 86.4. The smallest absolute Gasteiger partial charge is 0.408 e. The molecule has 0 spiro atoms. The molecule has 16 nitrogen and oxygen atoms in total. The number of alkyl carbamates (subject to hydrolysis) is 1. The number of nitrogens with zero attached hydrogens (tertiary/aromatic N) is 1. The van der Waals surface area contributed by atoms with Crippen LogP contribution in [0.3, 0.4) is 0 Å². The number of fused-ring (bicyclic) bond motifs is 1. The fraction of sp³-hybridized carbons (Fsp3) is 0.396. The number of aromatic nitrogens is 1. The Hall–Kier alpha value is -6.62. The third-order valence-electron chi connectivity index (χ3n) is 9.26. The van der Waals surface area contributed by atoms with Crippen molar-refractivity contribution in [3.63, 3.8) is 0 Å². The minimum absolute atomic E-state index is 0.00693. The number of carbonyl (C=O) groups excluding carboxylic acids is 6. The standard InChI is InChI=1S/C48H59N5O11S/c1-31(2)42(45(58)50-35(28-40(54)63-47(3,4)5)25-26-65(60,61)36-20-13-10-14-21-36)53-44(57)38(27-34-24-23-33-19-15-16-22-37(33)49-34)51-43(56)39(29-41(55)64-48(6,7)8)52-46(59)62-30-32-17-11-9-12-18-32/h9-26,31,35,38-39,42H,27-30H2,1-8H3,(H,50,58)(H,51,56)(H,52,59)(H,53,57). The first-order chi connectivity index (χ1) is 30.5. The number of nitrogens with one attached hydrogen (secondary N) is 4. The Balaban J connectivity index is 1.64. The molecule has 4 N–H and O–H groups in total. The highest BCUT2D eigenvalue weighted by atomic mass is 32.2. The van der Waals surface area contributed by atoms with E-state index < -0.39 is 99.7 Å². The first-order valence-electron chi connectivity index (χ1n) is 21.1. The molecular formula is C48H59N5O11S. The van der Waals surface area contributed by atoms with Crippen LogP contribution in [-0.2, 0) is 61.0 Å². The van der Waals surface area contributed by atoms with Gasteiger partial charge in [-0.15, -0.1) is 0 Å². The quantitative estimate of drug-likeness (QED) is 0.0663. The van der Waals surface area contributed by atoms with Gasteiger partial charge < -0.3 is 35.5 Å². The molecule has 1 heterocycles. The summed E-state index contributed by atoms with van der Waals surface area (Å²) in [6.45, 7) is 13.1. The normalized spacial score (nSPS) is 13.8. The van der Waals surface area contributed by atoms with Crippen molar-refractivity contribution < 1.29 is 51.4 Å². The van der Waals surface area contributed by atoms with Crippen LogP contribution in [0.15, 0.2) is 113 Å². The third kappa shape index (κ3) is 17.5. The summed E-state index contributed by atoms with van der Waals surface area (Å²) in [5.74, 6) is -4.69. The van der Waals surface area contributed by atoms with Gasteiger partial charge in [0.05, 0.1) is 29.3 Å². The highest BCUT2D eigenvalue weighted by Gasteiger charge is 2.34. The van der Waals surface area contributed by atoms with E-state index in [0.29, 0.717) is 16.8 Å². The van der Waals surface area contributed by atoms with Crippen molar-refractivity contribution in [2.75, 3.05) is 0 Å². The lowest BCUT2D eigenvalue weighted by Crippen LogP contribution is -2.59. The largest absolute Gasteiger partial charge is 0.460 e. The summed E-state index contributed by atoms with van der Waals surface area (Å²) in [6, 6.07) is 21.6. The molecule has 4 unspecified atom stereocenters. The summed E-state index contributed by atoms with van der Waals surface area (Å²) >= 11 is 0. The predicted octanol–water partition coefficient (Wildman–Crippen LogP) is 5.63. The number of pyridine rings is 1. The Labute approximate surface area is 380 Å². The van der Waals surface area contributed by atoms with Crippen LogP contribution in [0, 0.1) is 5.92 Å². The van der Waals surface area contributed by atoms with Crippen LogP contribution in [0.1, 0.15) is 79.5 Å². The average Bonchev–Trinajstić information content (AvgIpc) is 3.22. The molecule has 65 heavy (non-hydrogen) atoms. The van der Waals surface area contributed by atoms with Gasteiger partial charge in [-0.2, -0.15) is 0 Å². The van der Waals surface area contributed by atoms with E-state index in [0.717, 1.165) is 10.8 Å². The molecule has 0 aliphatic rings. The molecule has 0 bridgehead atoms. The van der Waals surface area contributed by atoms with Gasteiger partial charge in [0.25, 0.3) is 0 Å². The Kier molecular flexibility index (Phi) is 17.9. The van der Waals surface area contributed by atoms with Gasteiger partial charge in [-0.25, -0.2) is 13.2 Å². The molecule has 17 heteroatoms. The van der Waals surface area contributed by atoms with Gasteiger partial charge in [-0.05, 0) is 83.4 Å². The number of rotatable bonds is 19. The lowest BCUT2D eigenvalue weighted by Gasteiger charge is -2.28. The summed E-state index contributed by atoms with van der Waals surface area (Å²) in [5.41, 5.74) is -0.151. The molecule has 0 fully saturated rings. The van der Waals surface area contributed by atoms with Gasteiger partial charge in [0.2, 0.25) is 17.7 Å². The van der Waals surface area contributed by atoms with E-state index in [1.807, 2.05) is 12.1 Å². The minimum Gasteiger partial charge on any atom is -0.460 e. The molecule has 348 valence electrons. The Bertz CT molecular complexity index is 2430. The zero-order valence-corrected chi connectivity index (χ0v) is 38.8. The molecule has 0 radical (unpaired) electrons. The Morgan fingerprint density at radius 1 is 0.646 bits per heavy atom. The molecule has 4 amide bonds. The number of ether oxygens (including phenoxy) is 3. The molecule has 1 aromatic heterocycles. The van der Waals surface area contributed by atoms with E-state index in [-0.39, 0.29) is 17.9 Å². The minimum atomic E-state index is -3.99. The number of esters is 2. The van der Waals surface area contributed by atoms with Crippen molar-refractivity contribution in [1.29, 1.82) is 0 Å². The highest BCUT2D eigenvalue weighted by Crippen LogP contribution is 2.17. The Morgan fingerprint density at radius 3 is 1.83 bits per heavy atom. The maximum absolute atomic E-state index is 14.4. The summed E-state index contributed by atoms with van der Waals surface area (Å²) in [5, 5.41) is 12.2. The van der Waals surface area contributed by atoms with E-state index in [1.165, 1.54) is 18.2 Å². The van der Waals surface area contributed by atoms with Gasteiger partial charge in [-0.1, -0.05) is 86.6 Å². The molecule has 0 saturated carbocycles. The third-order valence-corrected chi connectivity index (χ3v) is 10.7. The fourth-order valence-corrected chi connectivity index (χ4v) is 7.35. The van der Waals surface area contributed by atoms with E-state index >= 15 is 0 Å². The Morgan fingerprint density at radius 2 is 1.22 bits per heavy atom. The van der Waals surface area contributed by atoms with Crippen molar-refractivity contribution >= 4 is 56.5 Å². The molecule has 0 saturated heterocycles. The lowest BCUT2D eigenvalue weighted by atomic mass is 10.0. The predicted molar refractivity (Wildman–Crippen MR) is 243 cm³/mol. The van der Waals surface area contributed by atoms with Crippen molar-refractivity contribution in [1.82, 2.24) is 26.3 Å². The first kappa shape index (κ1) is 51.0. The number of sulfone groups is 1. The van der Waals surface area contributed by atoms with Gasteiger partial charge >= 0.3 is 18.0 Å². The van der Waals surface area contributed by atoms with Gasteiger partial charge in [0.1, 0.15) is 35.9 Å². The molecule has 3 aromatic carbocycles. The molecule has 4 rings (SSSR count). The summed E-state index contributed by atoms with van der Waals surface area (Å²) < 4.78 is 42.6. The number of amides is 4. The van der Waals surface area contributed by atoms with Gasteiger partial charge in [-0.3, -0.25) is 29.0 Å². The van der Waals surface area contributed by atoms with Crippen LogP contribution in [-0.4, -0.2) is 84.5 Å². The lowest BCUT2D eigenvalue weighted by molar-refractivity contribution is -0.157. The fourth-order valence-electron chi connectivity index (χ4n) is 6.26. The molecular weight excluding hydrogens is 855 g/mol. The molecule has 4 aromatic rings. The second kappa shape index (κ2) is 22.8.